The van der Waals surface area contributed by atoms with Crippen LogP contribution in [0.2, 0.25) is 0 Å². The van der Waals surface area contributed by atoms with Crippen molar-refractivity contribution in [2.24, 2.45) is 0 Å². The number of aromatic nitrogens is 2. The minimum absolute atomic E-state index is 0.308. The Morgan fingerprint density at radius 3 is 2.78 bits per heavy atom. The first-order valence-corrected chi connectivity index (χ1v) is 9.37. The first-order valence-electron chi connectivity index (χ1n) is 8.49. The second-order valence-corrected chi connectivity index (χ2v) is 7.06. The average molecular weight is 372 g/mol. The second kappa shape index (κ2) is 7.44. The maximum absolute atomic E-state index is 12.8. The van der Waals surface area contributed by atoms with Gasteiger partial charge in [0.1, 0.15) is 5.65 Å². The molecule has 3 heterocycles. The molecule has 6 heteroatoms. The molecular weight excluding hydrogens is 356 g/mol. The number of rotatable bonds is 5. The van der Waals surface area contributed by atoms with E-state index in [0.717, 1.165) is 17.0 Å². The molecular formula is C21H16N4OS. The molecule has 0 saturated carbocycles. The van der Waals surface area contributed by atoms with Crippen LogP contribution in [0, 0.1) is 11.3 Å². The normalized spacial score (nSPS) is 11.8. The summed E-state index contributed by atoms with van der Waals surface area (Å²) < 4.78 is 1.93. The predicted octanol–water partition coefficient (Wildman–Crippen LogP) is 3.98. The number of benzene rings is 1. The van der Waals surface area contributed by atoms with E-state index in [0.29, 0.717) is 11.2 Å². The van der Waals surface area contributed by atoms with E-state index in [9.17, 15) is 10.1 Å². The van der Waals surface area contributed by atoms with Gasteiger partial charge in [-0.25, -0.2) is 4.98 Å². The summed E-state index contributed by atoms with van der Waals surface area (Å²) in [4.78, 5) is 18.0. The molecule has 5 nitrogen and oxygen atoms in total. The summed E-state index contributed by atoms with van der Waals surface area (Å²) in [5, 5.41) is 14.1. The van der Waals surface area contributed by atoms with Crippen LogP contribution in [0.25, 0.3) is 5.65 Å². The lowest BCUT2D eigenvalue weighted by Gasteiger charge is -2.11. The molecule has 0 fully saturated rings. The van der Waals surface area contributed by atoms with Crippen molar-refractivity contribution in [3.05, 3.63) is 94.1 Å². The second-order valence-electron chi connectivity index (χ2n) is 6.08. The number of carbonyl (C=O) groups is 1. The van der Waals surface area contributed by atoms with Crippen LogP contribution in [0.5, 0.6) is 0 Å². The summed E-state index contributed by atoms with van der Waals surface area (Å²) in [6.07, 6.45) is 4.42. The van der Waals surface area contributed by atoms with Crippen LogP contribution < -0.4 is 5.32 Å². The first-order chi connectivity index (χ1) is 13.3. The molecule has 27 heavy (non-hydrogen) atoms. The fourth-order valence-corrected chi connectivity index (χ4v) is 3.73. The minimum Gasteiger partial charge on any atom is -0.332 e. The number of nitrogens with zero attached hydrogens (tertiary/aromatic N) is 3. The van der Waals surface area contributed by atoms with Crippen LogP contribution in [0.3, 0.4) is 0 Å². The number of nitriles is 1. The molecule has 0 aliphatic rings. The van der Waals surface area contributed by atoms with Crippen molar-refractivity contribution in [2.45, 2.75) is 12.5 Å². The van der Waals surface area contributed by atoms with Crippen LogP contribution in [0.4, 0.5) is 0 Å². The Labute approximate surface area is 160 Å². The van der Waals surface area contributed by atoms with Crippen LogP contribution >= 0.6 is 11.3 Å². The summed E-state index contributed by atoms with van der Waals surface area (Å²) >= 11 is 1.44. The van der Waals surface area contributed by atoms with E-state index in [1.807, 2.05) is 52.4 Å². The van der Waals surface area contributed by atoms with Gasteiger partial charge in [-0.05, 0) is 29.1 Å². The van der Waals surface area contributed by atoms with Crippen LogP contribution in [0.15, 0.2) is 72.4 Å². The lowest BCUT2D eigenvalue weighted by Crippen LogP contribution is -2.27. The summed E-state index contributed by atoms with van der Waals surface area (Å²) in [5.74, 6) is -0.308. The van der Waals surface area contributed by atoms with Crippen molar-refractivity contribution in [1.29, 1.82) is 5.26 Å². The number of pyridine rings is 1. The molecule has 0 bridgehead atoms. The van der Waals surface area contributed by atoms with E-state index in [1.54, 1.807) is 12.3 Å². The van der Waals surface area contributed by atoms with Gasteiger partial charge in [-0.1, -0.05) is 36.4 Å². The van der Waals surface area contributed by atoms with Gasteiger partial charge >= 0.3 is 0 Å². The van der Waals surface area contributed by atoms with Crippen molar-refractivity contribution in [3.8, 4) is 6.07 Å². The molecule has 4 rings (SSSR count). The Morgan fingerprint density at radius 2 is 2.04 bits per heavy atom. The summed E-state index contributed by atoms with van der Waals surface area (Å²) in [6, 6.07) is 18.9. The number of amides is 1. The molecule has 132 valence electrons. The average Bonchev–Trinajstić information content (AvgIpc) is 3.37. The summed E-state index contributed by atoms with van der Waals surface area (Å²) in [6.45, 7) is 0. The number of carbonyl (C=O) groups excluding carboxylic acids is 1. The van der Waals surface area contributed by atoms with Crippen molar-refractivity contribution in [1.82, 2.24) is 14.7 Å². The Kier molecular flexibility index (Phi) is 4.69. The lowest BCUT2D eigenvalue weighted by atomic mass is 10.1. The number of thiophene rings is 1. The van der Waals surface area contributed by atoms with Crippen molar-refractivity contribution < 1.29 is 4.79 Å². The van der Waals surface area contributed by atoms with Crippen molar-refractivity contribution >= 4 is 22.9 Å². The first kappa shape index (κ1) is 17.0. The van der Waals surface area contributed by atoms with E-state index in [4.69, 9.17) is 0 Å². The van der Waals surface area contributed by atoms with Gasteiger partial charge in [0, 0.05) is 29.4 Å². The Balaban J connectivity index is 1.63. The number of fused-ring (bicyclic) bond motifs is 1. The zero-order valence-electron chi connectivity index (χ0n) is 14.4. The molecule has 0 spiro atoms. The topological polar surface area (TPSA) is 70.2 Å². The Hall–Kier alpha value is -3.43. The zero-order valence-corrected chi connectivity index (χ0v) is 15.2. The van der Waals surface area contributed by atoms with Crippen molar-refractivity contribution in [2.75, 3.05) is 0 Å². The minimum atomic E-state index is -0.670. The number of hydrogen-bond donors (Lipinski definition) is 1. The molecule has 0 radical (unpaired) electrons. The van der Waals surface area contributed by atoms with E-state index in [-0.39, 0.29) is 5.91 Å². The molecule has 1 N–H and O–H groups in total. The van der Waals surface area contributed by atoms with Gasteiger partial charge in [0.15, 0.2) is 6.04 Å². The SMILES string of the molecule is N#CC(NC(=O)c1cccn2c(Cc3ccccc3)cnc12)c1cccs1. The van der Waals surface area contributed by atoms with Crippen LogP contribution in [-0.2, 0) is 6.42 Å². The molecule has 1 atom stereocenters. The third kappa shape index (κ3) is 3.46. The van der Waals surface area contributed by atoms with Gasteiger partial charge in [0.2, 0.25) is 0 Å². The standard InChI is InChI=1S/C21H16N4OS/c22-13-18(19-9-5-11-27-19)24-21(26)17-8-4-10-25-16(14-23-20(17)25)12-15-6-2-1-3-7-15/h1-11,14,18H,12H2,(H,24,26). The maximum atomic E-state index is 12.8. The zero-order chi connectivity index (χ0) is 18.6. The highest BCUT2D eigenvalue weighted by Crippen LogP contribution is 2.20. The molecule has 4 aromatic rings. The molecule has 0 aliphatic heterocycles. The fourth-order valence-electron chi connectivity index (χ4n) is 3.01. The monoisotopic (exact) mass is 372 g/mol. The lowest BCUT2D eigenvalue weighted by molar-refractivity contribution is 0.0947. The van der Waals surface area contributed by atoms with E-state index < -0.39 is 6.04 Å². The Bertz CT molecular complexity index is 1110. The number of hydrogen-bond acceptors (Lipinski definition) is 4. The highest BCUT2D eigenvalue weighted by atomic mass is 32.1. The van der Waals surface area contributed by atoms with E-state index in [2.05, 4.69) is 28.5 Å². The van der Waals surface area contributed by atoms with Gasteiger partial charge in [-0.2, -0.15) is 5.26 Å². The molecule has 3 aromatic heterocycles. The van der Waals surface area contributed by atoms with Gasteiger partial charge in [0.25, 0.3) is 5.91 Å². The van der Waals surface area contributed by atoms with Crippen LogP contribution in [0.1, 0.15) is 32.5 Å². The van der Waals surface area contributed by atoms with E-state index in [1.165, 1.54) is 16.9 Å². The molecule has 0 aliphatic carbocycles. The largest absolute Gasteiger partial charge is 0.332 e. The molecule has 0 saturated heterocycles. The van der Waals surface area contributed by atoms with Gasteiger partial charge < -0.3 is 9.72 Å². The quantitative estimate of drug-likeness (QED) is 0.576. The maximum Gasteiger partial charge on any atom is 0.256 e. The third-order valence-corrected chi connectivity index (χ3v) is 5.25. The third-order valence-electron chi connectivity index (χ3n) is 4.32. The fraction of sp³-hybridized carbons (Fsp3) is 0.0952. The van der Waals surface area contributed by atoms with Crippen molar-refractivity contribution in [3.63, 3.8) is 0 Å². The highest BCUT2D eigenvalue weighted by Gasteiger charge is 2.19. The smallest absolute Gasteiger partial charge is 0.256 e. The van der Waals surface area contributed by atoms with Crippen LogP contribution in [-0.4, -0.2) is 15.3 Å². The molecule has 1 amide bonds. The molecule has 1 unspecified atom stereocenters. The van der Waals surface area contributed by atoms with E-state index >= 15 is 0 Å². The summed E-state index contributed by atoms with van der Waals surface area (Å²) in [7, 11) is 0. The number of imidazole rings is 1. The number of nitrogens with one attached hydrogen (secondary N) is 1. The predicted molar refractivity (Wildman–Crippen MR) is 105 cm³/mol. The highest BCUT2D eigenvalue weighted by molar-refractivity contribution is 7.10. The Morgan fingerprint density at radius 1 is 1.19 bits per heavy atom. The van der Waals surface area contributed by atoms with Gasteiger partial charge in [0.05, 0.1) is 11.6 Å². The molecule has 1 aromatic carbocycles. The van der Waals surface area contributed by atoms with Gasteiger partial charge in [-0.3, -0.25) is 4.79 Å². The summed E-state index contributed by atoms with van der Waals surface area (Å²) in [5.41, 5.74) is 3.22. The van der Waals surface area contributed by atoms with Gasteiger partial charge in [-0.15, -0.1) is 11.3 Å².